The first kappa shape index (κ1) is 14.9. The van der Waals surface area contributed by atoms with Gasteiger partial charge in [-0.1, -0.05) is 17.7 Å². The average molecular weight is 307 g/mol. The Morgan fingerprint density at radius 1 is 1.13 bits per heavy atom. The SMILES string of the molecule is COc1ccc2oc(C=CC(=O)Nc3ccc(C)cc3)cc2c1. The van der Waals surface area contributed by atoms with Crippen molar-refractivity contribution in [3.63, 3.8) is 0 Å². The Bertz CT molecular complexity index is 860. The summed E-state index contributed by atoms with van der Waals surface area (Å²) >= 11 is 0. The molecule has 0 radical (unpaired) electrons. The number of carbonyl (C=O) groups excluding carboxylic acids is 1. The Labute approximate surface area is 134 Å². The number of anilines is 1. The highest BCUT2D eigenvalue weighted by molar-refractivity contribution is 6.02. The monoisotopic (exact) mass is 307 g/mol. The summed E-state index contributed by atoms with van der Waals surface area (Å²) < 4.78 is 10.8. The summed E-state index contributed by atoms with van der Waals surface area (Å²) in [5.74, 6) is 1.19. The predicted octanol–water partition coefficient (Wildman–Crippen LogP) is 4.40. The van der Waals surface area contributed by atoms with Gasteiger partial charge in [-0.2, -0.15) is 0 Å². The quantitative estimate of drug-likeness (QED) is 0.727. The van der Waals surface area contributed by atoms with E-state index >= 15 is 0 Å². The maximum atomic E-state index is 11.9. The van der Waals surface area contributed by atoms with Gasteiger partial charge in [0.25, 0.3) is 0 Å². The number of hydrogen-bond acceptors (Lipinski definition) is 3. The van der Waals surface area contributed by atoms with Crippen LogP contribution in [-0.2, 0) is 4.79 Å². The van der Waals surface area contributed by atoms with Crippen LogP contribution in [0.3, 0.4) is 0 Å². The molecule has 0 aliphatic carbocycles. The lowest BCUT2D eigenvalue weighted by Gasteiger charge is -2.01. The van der Waals surface area contributed by atoms with E-state index in [2.05, 4.69) is 5.32 Å². The minimum atomic E-state index is -0.202. The van der Waals surface area contributed by atoms with Crippen molar-refractivity contribution in [1.82, 2.24) is 0 Å². The Morgan fingerprint density at radius 3 is 2.65 bits per heavy atom. The zero-order valence-electron chi connectivity index (χ0n) is 13.0. The molecule has 0 saturated heterocycles. The molecule has 116 valence electrons. The van der Waals surface area contributed by atoms with Gasteiger partial charge in [-0.15, -0.1) is 0 Å². The summed E-state index contributed by atoms with van der Waals surface area (Å²) in [5.41, 5.74) is 2.67. The van der Waals surface area contributed by atoms with Crippen LogP contribution in [0.4, 0.5) is 5.69 Å². The number of nitrogens with one attached hydrogen (secondary N) is 1. The maximum Gasteiger partial charge on any atom is 0.248 e. The van der Waals surface area contributed by atoms with Gasteiger partial charge in [0, 0.05) is 17.1 Å². The van der Waals surface area contributed by atoms with E-state index in [1.54, 1.807) is 13.2 Å². The average Bonchev–Trinajstić information content (AvgIpc) is 2.97. The number of rotatable bonds is 4. The zero-order chi connectivity index (χ0) is 16.2. The van der Waals surface area contributed by atoms with E-state index in [4.69, 9.17) is 9.15 Å². The number of carbonyl (C=O) groups is 1. The molecule has 1 aromatic heterocycles. The van der Waals surface area contributed by atoms with Crippen LogP contribution in [0.25, 0.3) is 17.0 Å². The lowest BCUT2D eigenvalue weighted by molar-refractivity contribution is -0.111. The van der Waals surface area contributed by atoms with Gasteiger partial charge >= 0.3 is 0 Å². The molecule has 3 aromatic rings. The fourth-order valence-electron chi connectivity index (χ4n) is 2.23. The van der Waals surface area contributed by atoms with Crippen molar-refractivity contribution in [2.75, 3.05) is 12.4 Å². The highest BCUT2D eigenvalue weighted by Gasteiger charge is 2.04. The highest BCUT2D eigenvalue weighted by atomic mass is 16.5. The number of benzene rings is 2. The Morgan fingerprint density at radius 2 is 1.91 bits per heavy atom. The van der Waals surface area contributed by atoms with Gasteiger partial charge in [-0.3, -0.25) is 4.79 Å². The number of ether oxygens (including phenoxy) is 1. The first-order chi connectivity index (χ1) is 11.1. The minimum absolute atomic E-state index is 0.202. The van der Waals surface area contributed by atoms with E-state index in [-0.39, 0.29) is 5.91 Å². The number of hydrogen-bond donors (Lipinski definition) is 1. The molecule has 0 bridgehead atoms. The molecule has 3 rings (SSSR count). The van der Waals surface area contributed by atoms with Crippen molar-refractivity contribution in [2.45, 2.75) is 6.92 Å². The van der Waals surface area contributed by atoms with Gasteiger partial charge in [-0.25, -0.2) is 0 Å². The van der Waals surface area contributed by atoms with Crippen molar-refractivity contribution in [3.05, 3.63) is 65.9 Å². The molecule has 0 atom stereocenters. The summed E-state index contributed by atoms with van der Waals surface area (Å²) in [5, 5.41) is 3.74. The Hall–Kier alpha value is -3.01. The number of amides is 1. The van der Waals surface area contributed by atoms with Crippen LogP contribution in [0.15, 0.2) is 59.0 Å². The number of fused-ring (bicyclic) bond motifs is 1. The molecule has 4 nitrogen and oxygen atoms in total. The predicted molar refractivity (Wildman–Crippen MR) is 91.6 cm³/mol. The van der Waals surface area contributed by atoms with Crippen LogP contribution in [-0.4, -0.2) is 13.0 Å². The zero-order valence-corrected chi connectivity index (χ0v) is 13.0. The van der Waals surface area contributed by atoms with Crippen LogP contribution in [0.1, 0.15) is 11.3 Å². The van der Waals surface area contributed by atoms with E-state index in [1.165, 1.54) is 6.08 Å². The van der Waals surface area contributed by atoms with Crippen LogP contribution >= 0.6 is 0 Å². The number of methoxy groups -OCH3 is 1. The second-order valence-corrected chi connectivity index (χ2v) is 5.24. The fraction of sp³-hybridized carbons (Fsp3) is 0.105. The number of aryl methyl sites for hydroxylation is 1. The van der Waals surface area contributed by atoms with Gasteiger partial charge in [0.2, 0.25) is 5.91 Å². The number of furan rings is 1. The lowest BCUT2D eigenvalue weighted by Crippen LogP contribution is -2.07. The van der Waals surface area contributed by atoms with Crippen molar-refractivity contribution >= 4 is 28.6 Å². The van der Waals surface area contributed by atoms with Gasteiger partial charge in [0.15, 0.2) is 0 Å². The third-order valence-corrected chi connectivity index (χ3v) is 3.46. The largest absolute Gasteiger partial charge is 0.497 e. The molecule has 0 fully saturated rings. The summed E-state index contributed by atoms with van der Waals surface area (Å²) in [4.78, 5) is 11.9. The van der Waals surface area contributed by atoms with E-state index < -0.39 is 0 Å². The molecule has 0 aliphatic rings. The Kier molecular flexibility index (Phi) is 4.15. The van der Waals surface area contributed by atoms with Crippen LogP contribution in [0.2, 0.25) is 0 Å². The molecule has 23 heavy (non-hydrogen) atoms. The molecular formula is C19H17NO3. The standard InChI is InChI=1S/C19H17NO3/c1-13-3-5-15(6-4-13)20-19(21)10-8-17-12-14-11-16(22-2)7-9-18(14)23-17/h3-12H,1-2H3,(H,20,21). The van der Waals surface area contributed by atoms with Crippen molar-refractivity contribution in [3.8, 4) is 5.75 Å². The summed E-state index contributed by atoms with van der Waals surface area (Å²) in [6, 6.07) is 15.1. The normalized spacial score (nSPS) is 11.0. The maximum absolute atomic E-state index is 11.9. The highest BCUT2D eigenvalue weighted by Crippen LogP contribution is 2.24. The topological polar surface area (TPSA) is 51.5 Å². The van der Waals surface area contributed by atoms with Gasteiger partial charge < -0.3 is 14.5 Å². The summed E-state index contributed by atoms with van der Waals surface area (Å²) in [7, 11) is 1.62. The third kappa shape index (κ3) is 3.61. The molecule has 0 aliphatic heterocycles. The van der Waals surface area contributed by atoms with Crippen LogP contribution < -0.4 is 10.1 Å². The van der Waals surface area contributed by atoms with Crippen LogP contribution in [0.5, 0.6) is 5.75 Å². The van der Waals surface area contributed by atoms with Crippen molar-refractivity contribution in [2.24, 2.45) is 0 Å². The molecule has 2 aromatic carbocycles. The van der Waals surface area contributed by atoms with E-state index in [9.17, 15) is 4.79 Å². The molecular weight excluding hydrogens is 290 g/mol. The summed E-state index contributed by atoms with van der Waals surface area (Å²) in [6.07, 6.45) is 3.10. The van der Waals surface area contributed by atoms with E-state index in [0.29, 0.717) is 5.76 Å². The van der Waals surface area contributed by atoms with Gasteiger partial charge in [0.05, 0.1) is 7.11 Å². The third-order valence-electron chi connectivity index (χ3n) is 3.46. The second kappa shape index (κ2) is 6.40. The Balaban J connectivity index is 1.71. The van der Waals surface area contributed by atoms with Gasteiger partial charge in [-0.05, 0) is 49.4 Å². The summed E-state index contributed by atoms with van der Waals surface area (Å²) in [6.45, 7) is 2.00. The molecule has 1 amide bonds. The lowest BCUT2D eigenvalue weighted by atomic mass is 10.2. The first-order valence-electron chi connectivity index (χ1n) is 7.27. The molecule has 0 saturated carbocycles. The van der Waals surface area contributed by atoms with Crippen LogP contribution in [0, 0.1) is 6.92 Å². The van der Waals surface area contributed by atoms with E-state index in [1.807, 2.05) is 55.5 Å². The first-order valence-corrected chi connectivity index (χ1v) is 7.27. The second-order valence-electron chi connectivity index (χ2n) is 5.24. The molecule has 0 spiro atoms. The molecule has 0 unspecified atom stereocenters. The molecule has 4 heteroatoms. The molecule has 1 heterocycles. The smallest absolute Gasteiger partial charge is 0.248 e. The fourth-order valence-corrected chi connectivity index (χ4v) is 2.23. The van der Waals surface area contributed by atoms with Crippen molar-refractivity contribution < 1.29 is 13.9 Å². The molecule has 1 N–H and O–H groups in total. The van der Waals surface area contributed by atoms with Crippen molar-refractivity contribution in [1.29, 1.82) is 0 Å². The minimum Gasteiger partial charge on any atom is -0.497 e. The van der Waals surface area contributed by atoms with Gasteiger partial charge in [0.1, 0.15) is 17.1 Å². The van der Waals surface area contributed by atoms with E-state index in [0.717, 1.165) is 28.0 Å².